The van der Waals surface area contributed by atoms with Crippen LogP contribution in [0.15, 0.2) is 53.7 Å². The molecule has 3 aromatic rings. The molecule has 0 aliphatic rings. The molecule has 0 aliphatic carbocycles. The number of hydrogen-bond acceptors (Lipinski definition) is 7. The molecule has 3 rings (SSSR count). The van der Waals surface area contributed by atoms with Gasteiger partial charge in [0.2, 0.25) is 5.82 Å². The molecule has 31 heavy (non-hydrogen) atoms. The summed E-state index contributed by atoms with van der Waals surface area (Å²) in [6, 6.07) is 13.7. The maximum atomic E-state index is 12.6. The fourth-order valence-corrected chi connectivity index (χ4v) is 2.45. The van der Waals surface area contributed by atoms with E-state index >= 15 is 0 Å². The number of hydrogen-bond donors (Lipinski definition) is 0. The lowest BCUT2D eigenvalue weighted by Crippen LogP contribution is -2.04. The van der Waals surface area contributed by atoms with Crippen LogP contribution in [0, 0.1) is 11.3 Å². The summed E-state index contributed by atoms with van der Waals surface area (Å²) < 4.78 is 43.3. The van der Waals surface area contributed by atoms with Crippen LogP contribution >= 0.6 is 0 Å². The summed E-state index contributed by atoms with van der Waals surface area (Å²) in [6.45, 7) is 1.92. The van der Waals surface area contributed by atoms with Gasteiger partial charge < -0.3 is 9.57 Å². The summed E-state index contributed by atoms with van der Waals surface area (Å²) >= 11 is 0. The minimum Gasteiger partial charge on any atom is -0.485 e. The molecule has 160 valence electrons. The molecule has 11 heteroatoms. The molecule has 1 heterocycles. The maximum absolute atomic E-state index is 12.6. The second-order valence-electron chi connectivity index (χ2n) is 6.35. The highest BCUT2D eigenvalue weighted by Gasteiger charge is 2.29. The molecule has 0 spiro atoms. The molecule has 0 bridgehead atoms. The Labute approximate surface area is 175 Å². The normalized spacial score (nSPS) is 11.8. The largest absolute Gasteiger partial charge is 0.485 e. The van der Waals surface area contributed by atoms with E-state index in [2.05, 4.69) is 20.6 Å². The SMILES string of the molecule is CC(=NOCc1ccc(C(F)(F)F)cc1)c1ccc(OCc2nnn(CC#N)n2)cc1. The number of halogens is 3. The fourth-order valence-electron chi connectivity index (χ4n) is 2.45. The van der Waals surface area contributed by atoms with Gasteiger partial charge in [-0.2, -0.15) is 18.4 Å². The van der Waals surface area contributed by atoms with E-state index in [1.54, 1.807) is 31.2 Å². The van der Waals surface area contributed by atoms with Gasteiger partial charge in [-0.25, -0.2) is 0 Å². The smallest absolute Gasteiger partial charge is 0.416 e. The van der Waals surface area contributed by atoms with E-state index in [4.69, 9.17) is 14.8 Å². The lowest BCUT2D eigenvalue weighted by molar-refractivity contribution is -0.137. The number of oxime groups is 1. The third kappa shape index (κ3) is 6.27. The van der Waals surface area contributed by atoms with E-state index in [0.717, 1.165) is 17.7 Å². The van der Waals surface area contributed by atoms with Crippen LogP contribution in [0.3, 0.4) is 0 Å². The Kier molecular flexibility index (Phi) is 6.81. The van der Waals surface area contributed by atoms with Crippen molar-refractivity contribution in [2.75, 3.05) is 0 Å². The molecule has 2 aromatic carbocycles. The number of nitrogens with zero attached hydrogens (tertiary/aromatic N) is 6. The quantitative estimate of drug-likeness (QED) is 0.399. The standard InChI is InChI=1S/C20H17F3N6O2/c1-14(27-31-12-15-2-6-17(7-3-15)20(21,22)23)16-4-8-18(9-5-16)30-13-19-25-28-29(26-19)11-10-24/h2-9H,11-13H2,1H3. The van der Waals surface area contributed by atoms with Crippen molar-refractivity contribution >= 4 is 5.71 Å². The van der Waals surface area contributed by atoms with Crippen molar-refractivity contribution in [3.05, 3.63) is 71.0 Å². The van der Waals surface area contributed by atoms with Crippen molar-refractivity contribution in [3.8, 4) is 11.8 Å². The molecule has 0 N–H and O–H groups in total. The van der Waals surface area contributed by atoms with Gasteiger partial charge in [0, 0.05) is 0 Å². The van der Waals surface area contributed by atoms with Gasteiger partial charge in [-0.05, 0) is 59.7 Å². The summed E-state index contributed by atoms with van der Waals surface area (Å²) in [5.74, 6) is 0.938. The summed E-state index contributed by atoms with van der Waals surface area (Å²) in [7, 11) is 0. The van der Waals surface area contributed by atoms with Gasteiger partial charge in [-0.1, -0.05) is 17.3 Å². The number of rotatable bonds is 8. The first-order valence-electron chi connectivity index (χ1n) is 9.05. The van der Waals surface area contributed by atoms with Gasteiger partial charge in [0.15, 0.2) is 6.61 Å². The average molecular weight is 430 g/mol. The van der Waals surface area contributed by atoms with Crippen molar-refractivity contribution in [3.63, 3.8) is 0 Å². The average Bonchev–Trinajstić information content (AvgIpc) is 3.20. The second kappa shape index (κ2) is 9.71. The van der Waals surface area contributed by atoms with Gasteiger partial charge >= 0.3 is 6.18 Å². The van der Waals surface area contributed by atoms with Crippen LogP contribution < -0.4 is 4.74 Å². The fraction of sp³-hybridized carbons (Fsp3) is 0.250. The van der Waals surface area contributed by atoms with Crippen LogP contribution in [-0.2, 0) is 30.8 Å². The predicted octanol–water partition coefficient (Wildman–Crippen LogP) is 3.74. The van der Waals surface area contributed by atoms with Crippen LogP contribution in [0.5, 0.6) is 5.75 Å². The van der Waals surface area contributed by atoms with Crippen molar-refractivity contribution in [2.45, 2.75) is 32.9 Å². The maximum Gasteiger partial charge on any atom is 0.416 e. The third-order valence-corrected chi connectivity index (χ3v) is 4.06. The molecule has 0 fully saturated rings. The molecule has 1 aromatic heterocycles. The highest BCUT2D eigenvalue weighted by Crippen LogP contribution is 2.29. The Bertz CT molecular complexity index is 1070. The second-order valence-corrected chi connectivity index (χ2v) is 6.35. The van der Waals surface area contributed by atoms with E-state index in [1.165, 1.54) is 16.9 Å². The first kappa shape index (κ1) is 21.8. The highest BCUT2D eigenvalue weighted by atomic mass is 19.4. The molecule has 0 amide bonds. The van der Waals surface area contributed by atoms with Gasteiger partial charge in [0.1, 0.15) is 18.9 Å². The predicted molar refractivity (Wildman–Crippen MR) is 103 cm³/mol. The molecule has 0 aliphatic heterocycles. The molecule has 0 saturated heterocycles. The van der Waals surface area contributed by atoms with E-state index in [-0.39, 0.29) is 19.8 Å². The molecular weight excluding hydrogens is 413 g/mol. The minimum absolute atomic E-state index is 0.0151. The molecular formula is C20H17F3N6O2. The summed E-state index contributed by atoms with van der Waals surface area (Å²) in [4.78, 5) is 6.42. The van der Waals surface area contributed by atoms with Gasteiger partial charge in [-0.3, -0.25) is 0 Å². The van der Waals surface area contributed by atoms with Gasteiger partial charge in [0.25, 0.3) is 0 Å². The first-order valence-corrected chi connectivity index (χ1v) is 9.05. The number of alkyl halides is 3. The molecule has 0 radical (unpaired) electrons. The van der Waals surface area contributed by atoms with Crippen LogP contribution in [-0.4, -0.2) is 25.9 Å². The number of aromatic nitrogens is 4. The first-order chi connectivity index (χ1) is 14.8. The lowest BCUT2D eigenvalue weighted by atomic mass is 10.1. The van der Waals surface area contributed by atoms with Crippen molar-refractivity contribution in [1.82, 2.24) is 20.2 Å². The zero-order valence-corrected chi connectivity index (χ0v) is 16.4. The Morgan fingerprint density at radius 3 is 2.45 bits per heavy atom. The zero-order valence-electron chi connectivity index (χ0n) is 16.4. The highest BCUT2D eigenvalue weighted by molar-refractivity contribution is 5.98. The number of tetrazole rings is 1. The van der Waals surface area contributed by atoms with Crippen molar-refractivity contribution in [2.24, 2.45) is 5.16 Å². The van der Waals surface area contributed by atoms with E-state index in [1.807, 2.05) is 6.07 Å². The van der Waals surface area contributed by atoms with E-state index < -0.39 is 11.7 Å². The number of ether oxygens (including phenoxy) is 1. The topological polar surface area (TPSA) is 98.2 Å². The van der Waals surface area contributed by atoms with Crippen molar-refractivity contribution in [1.29, 1.82) is 5.26 Å². The van der Waals surface area contributed by atoms with Crippen LogP contribution in [0.25, 0.3) is 0 Å². The number of nitriles is 1. The molecule has 0 unspecified atom stereocenters. The summed E-state index contributed by atoms with van der Waals surface area (Å²) in [5, 5.41) is 24.1. The third-order valence-electron chi connectivity index (χ3n) is 4.06. The van der Waals surface area contributed by atoms with Crippen LogP contribution in [0.4, 0.5) is 13.2 Å². The van der Waals surface area contributed by atoms with Gasteiger partial charge in [-0.15, -0.1) is 15.0 Å². The van der Waals surface area contributed by atoms with E-state index in [0.29, 0.717) is 22.8 Å². The Balaban J connectivity index is 1.50. The molecule has 0 saturated carbocycles. The minimum atomic E-state index is -4.36. The van der Waals surface area contributed by atoms with Crippen LogP contribution in [0.1, 0.15) is 29.4 Å². The van der Waals surface area contributed by atoms with Gasteiger partial charge in [0.05, 0.1) is 17.3 Å². The molecule has 0 atom stereocenters. The Morgan fingerprint density at radius 1 is 1.10 bits per heavy atom. The summed E-state index contributed by atoms with van der Waals surface area (Å²) in [6.07, 6.45) is -4.36. The van der Waals surface area contributed by atoms with Crippen LogP contribution in [0.2, 0.25) is 0 Å². The Morgan fingerprint density at radius 2 is 1.81 bits per heavy atom. The lowest BCUT2D eigenvalue weighted by Gasteiger charge is -2.08. The summed E-state index contributed by atoms with van der Waals surface area (Å²) in [5.41, 5.74) is 1.26. The Hall–Kier alpha value is -3.94. The monoisotopic (exact) mass is 430 g/mol. The van der Waals surface area contributed by atoms with Crippen molar-refractivity contribution < 1.29 is 22.7 Å². The number of benzene rings is 2. The van der Waals surface area contributed by atoms with E-state index in [9.17, 15) is 13.2 Å². The zero-order chi connectivity index (χ0) is 22.3. The molecule has 8 nitrogen and oxygen atoms in total.